The Kier molecular flexibility index (Phi) is 4.85. The molecule has 128 valence electrons. The number of aliphatic hydroxyl groups is 1. The Morgan fingerprint density at radius 2 is 2.04 bits per heavy atom. The minimum Gasteiger partial charge on any atom is -0.491 e. The van der Waals surface area contributed by atoms with Crippen molar-refractivity contribution in [3.05, 3.63) is 48.3 Å². The van der Waals surface area contributed by atoms with E-state index in [0.717, 1.165) is 12.2 Å². The van der Waals surface area contributed by atoms with Crippen molar-refractivity contribution in [2.45, 2.75) is 24.9 Å². The van der Waals surface area contributed by atoms with Crippen LogP contribution >= 0.6 is 0 Å². The molecule has 1 aliphatic heterocycles. The maximum Gasteiger partial charge on any atom is 0.272 e. The van der Waals surface area contributed by atoms with E-state index in [0.29, 0.717) is 31.6 Å². The number of amides is 1. The predicted molar refractivity (Wildman–Crippen MR) is 89.8 cm³/mol. The van der Waals surface area contributed by atoms with Crippen LogP contribution in [-0.2, 0) is 7.05 Å². The lowest BCUT2D eigenvalue weighted by atomic mass is 9.96. The van der Waals surface area contributed by atoms with Crippen LogP contribution in [0.2, 0.25) is 0 Å². The standard InChI is InChI=1S/C18H23N3O3/c1-20-16(8-11-19-20)17(22)21-12-5-9-18(23,10-13-21)14-24-15-6-3-2-4-7-15/h2-4,6-8,11,23H,5,9-10,12-14H2,1H3. The molecule has 1 N–H and O–H groups in total. The summed E-state index contributed by atoms with van der Waals surface area (Å²) in [6, 6.07) is 11.2. The number of benzene rings is 1. The van der Waals surface area contributed by atoms with Gasteiger partial charge < -0.3 is 14.7 Å². The third kappa shape index (κ3) is 3.76. The monoisotopic (exact) mass is 329 g/mol. The van der Waals surface area contributed by atoms with Crippen molar-refractivity contribution in [3.8, 4) is 5.75 Å². The van der Waals surface area contributed by atoms with E-state index in [1.54, 1.807) is 28.9 Å². The number of carbonyl (C=O) groups is 1. The summed E-state index contributed by atoms with van der Waals surface area (Å²) in [5.74, 6) is 0.709. The smallest absolute Gasteiger partial charge is 0.272 e. The normalized spacial score (nSPS) is 21.3. The van der Waals surface area contributed by atoms with Crippen molar-refractivity contribution in [1.82, 2.24) is 14.7 Å². The zero-order valence-electron chi connectivity index (χ0n) is 13.9. The average molecular weight is 329 g/mol. The molecule has 2 aromatic rings. The average Bonchev–Trinajstić information content (AvgIpc) is 2.92. The maximum absolute atomic E-state index is 12.6. The minimum atomic E-state index is -0.905. The molecule has 1 saturated heterocycles. The lowest BCUT2D eigenvalue weighted by Crippen LogP contribution is -2.38. The van der Waals surface area contributed by atoms with Gasteiger partial charge in [-0.3, -0.25) is 9.48 Å². The van der Waals surface area contributed by atoms with Gasteiger partial charge in [0, 0.05) is 26.3 Å². The number of hydrogen-bond acceptors (Lipinski definition) is 4. The van der Waals surface area contributed by atoms with Crippen molar-refractivity contribution in [2.24, 2.45) is 7.05 Å². The van der Waals surface area contributed by atoms with Gasteiger partial charge in [-0.05, 0) is 37.5 Å². The first-order chi connectivity index (χ1) is 11.6. The maximum atomic E-state index is 12.6. The Balaban J connectivity index is 1.60. The van der Waals surface area contributed by atoms with E-state index in [9.17, 15) is 9.90 Å². The predicted octanol–water partition coefficient (Wildman–Crippen LogP) is 1.86. The van der Waals surface area contributed by atoms with E-state index in [1.807, 2.05) is 30.3 Å². The molecule has 3 rings (SSSR count). The van der Waals surface area contributed by atoms with Crippen molar-refractivity contribution in [3.63, 3.8) is 0 Å². The molecule has 1 aromatic carbocycles. The molecule has 24 heavy (non-hydrogen) atoms. The van der Waals surface area contributed by atoms with Crippen LogP contribution < -0.4 is 4.74 Å². The van der Waals surface area contributed by atoms with Crippen LogP contribution in [0, 0.1) is 0 Å². The van der Waals surface area contributed by atoms with Crippen molar-refractivity contribution >= 4 is 5.91 Å². The fraction of sp³-hybridized carbons (Fsp3) is 0.444. The van der Waals surface area contributed by atoms with Crippen molar-refractivity contribution in [2.75, 3.05) is 19.7 Å². The molecule has 6 heteroatoms. The number of carbonyl (C=O) groups excluding carboxylic acids is 1. The summed E-state index contributed by atoms with van der Waals surface area (Å²) in [5.41, 5.74) is -0.335. The molecule has 0 bridgehead atoms. The molecule has 1 aliphatic rings. The number of likely N-dealkylation sites (tertiary alicyclic amines) is 1. The third-order valence-electron chi connectivity index (χ3n) is 4.50. The number of para-hydroxylation sites is 1. The van der Waals surface area contributed by atoms with Crippen molar-refractivity contribution < 1.29 is 14.6 Å². The summed E-state index contributed by atoms with van der Waals surface area (Å²) in [5, 5.41) is 14.9. The Morgan fingerprint density at radius 3 is 2.75 bits per heavy atom. The number of aromatic nitrogens is 2. The zero-order chi connectivity index (χ0) is 17.0. The van der Waals surface area contributed by atoms with Gasteiger partial charge in [0.1, 0.15) is 23.7 Å². The molecule has 0 radical (unpaired) electrons. The molecule has 2 heterocycles. The Bertz CT molecular complexity index is 686. The molecule has 6 nitrogen and oxygen atoms in total. The van der Waals surface area contributed by atoms with E-state index in [4.69, 9.17) is 4.74 Å². The van der Waals surface area contributed by atoms with Gasteiger partial charge in [0.15, 0.2) is 0 Å². The van der Waals surface area contributed by atoms with Crippen molar-refractivity contribution in [1.29, 1.82) is 0 Å². The highest BCUT2D eigenvalue weighted by Gasteiger charge is 2.33. The molecule has 1 amide bonds. The molecule has 0 aliphatic carbocycles. The minimum absolute atomic E-state index is 0.0387. The number of hydrogen-bond donors (Lipinski definition) is 1. The molecule has 0 spiro atoms. The molecule has 1 aromatic heterocycles. The number of ether oxygens (including phenoxy) is 1. The van der Waals surface area contributed by atoms with Crippen LogP contribution in [0.5, 0.6) is 5.75 Å². The second kappa shape index (κ2) is 7.05. The highest BCUT2D eigenvalue weighted by molar-refractivity contribution is 5.92. The Morgan fingerprint density at radius 1 is 1.25 bits per heavy atom. The van der Waals surface area contributed by atoms with E-state index in [-0.39, 0.29) is 12.5 Å². The molecule has 0 saturated carbocycles. The van der Waals surface area contributed by atoms with Gasteiger partial charge in [-0.15, -0.1) is 0 Å². The number of nitrogens with zero attached hydrogens (tertiary/aromatic N) is 3. The molecular weight excluding hydrogens is 306 g/mol. The quantitative estimate of drug-likeness (QED) is 0.930. The van der Waals surface area contributed by atoms with Gasteiger partial charge in [0.05, 0.1) is 0 Å². The summed E-state index contributed by atoms with van der Waals surface area (Å²) < 4.78 is 7.30. The number of aryl methyl sites for hydroxylation is 1. The van der Waals surface area contributed by atoms with Gasteiger partial charge in [-0.1, -0.05) is 18.2 Å². The van der Waals surface area contributed by atoms with Gasteiger partial charge in [-0.25, -0.2) is 0 Å². The Hall–Kier alpha value is -2.34. The SMILES string of the molecule is Cn1nccc1C(=O)N1CCCC(O)(COc2ccccc2)CC1. The van der Waals surface area contributed by atoms with Crippen LogP contribution in [0.1, 0.15) is 29.8 Å². The van der Waals surface area contributed by atoms with Gasteiger partial charge in [-0.2, -0.15) is 5.10 Å². The van der Waals surface area contributed by atoms with Crippen LogP contribution in [0.3, 0.4) is 0 Å². The van der Waals surface area contributed by atoms with Crippen LogP contribution in [0.4, 0.5) is 0 Å². The second-order valence-corrected chi connectivity index (χ2v) is 6.31. The first kappa shape index (κ1) is 16.5. The zero-order valence-corrected chi connectivity index (χ0v) is 13.9. The summed E-state index contributed by atoms with van der Waals surface area (Å²) in [7, 11) is 1.76. The highest BCUT2D eigenvalue weighted by Crippen LogP contribution is 2.24. The molecule has 1 unspecified atom stereocenters. The second-order valence-electron chi connectivity index (χ2n) is 6.31. The lowest BCUT2D eigenvalue weighted by Gasteiger charge is -2.27. The van der Waals surface area contributed by atoms with E-state index >= 15 is 0 Å². The summed E-state index contributed by atoms with van der Waals surface area (Å²) in [6.07, 6.45) is 3.49. The van der Waals surface area contributed by atoms with Crippen LogP contribution in [-0.4, -0.2) is 51.0 Å². The summed E-state index contributed by atoms with van der Waals surface area (Å²) in [4.78, 5) is 14.4. The van der Waals surface area contributed by atoms with Gasteiger partial charge in [0.25, 0.3) is 5.91 Å². The molecule has 1 fully saturated rings. The van der Waals surface area contributed by atoms with Crippen LogP contribution in [0.15, 0.2) is 42.6 Å². The molecule has 1 atom stereocenters. The fourth-order valence-electron chi connectivity index (χ4n) is 3.01. The van der Waals surface area contributed by atoms with E-state index < -0.39 is 5.60 Å². The first-order valence-corrected chi connectivity index (χ1v) is 8.25. The topological polar surface area (TPSA) is 67.6 Å². The third-order valence-corrected chi connectivity index (χ3v) is 4.50. The molecular formula is C18H23N3O3. The first-order valence-electron chi connectivity index (χ1n) is 8.25. The largest absolute Gasteiger partial charge is 0.491 e. The fourth-order valence-corrected chi connectivity index (χ4v) is 3.01. The van der Waals surface area contributed by atoms with Crippen LogP contribution in [0.25, 0.3) is 0 Å². The highest BCUT2D eigenvalue weighted by atomic mass is 16.5. The van der Waals surface area contributed by atoms with Gasteiger partial charge >= 0.3 is 0 Å². The number of rotatable bonds is 4. The van der Waals surface area contributed by atoms with E-state index in [2.05, 4.69) is 5.10 Å². The van der Waals surface area contributed by atoms with Gasteiger partial charge in [0.2, 0.25) is 0 Å². The summed E-state index contributed by atoms with van der Waals surface area (Å²) in [6.45, 7) is 1.39. The summed E-state index contributed by atoms with van der Waals surface area (Å²) >= 11 is 0. The van der Waals surface area contributed by atoms with E-state index in [1.165, 1.54) is 0 Å². The Labute approximate surface area is 141 Å². The lowest BCUT2D eigenvalue weighted by molar-refractivity contribution is -0.0163.